The highest BCUT2D eigenvalue weighted by molar-refractivity contribution is 7.90. The van der Waals surface area contributed by atoms with E-state index in [2.05, 4.69) is 4.98 Å². The monoisotopic (exact) mass is 296 g/mol. The molecule has 0 aliphatic carbocycles. The number of hydrogen-bond acceptors (Lipinski definition) is 4. The van der Waals surface area contributed by atoms with Crippen LogP contribution >= 0.6 is 0 Å². The van der Waals surface area contributed by atoms with Crippen LogP contribution in [0.15, 0.2) is 30.6 Å². The minimum atomic E-state index is -3.57. The fourth-order valence-electron chi connectivity index (χ4n) is 1.83. The summed E-state index contributed by atoms with van der Waals surface area (Å²) in [6.45, 7) is 3.86. The van der Waals surface area contributed by atoms with Crippen molar-refractivity contribution in [3.8, 4) is 0 Å². The van der Waals surface area contributed by atoms with Gasteiger partial charge in [0, 0.05) is 18.5 Å². The summed E-state index contributed by atoms with van der Waals surface area (Å²) in [4.78, 5) is 15.4. The second-order valence-corrected chi connectivity index (χ2v) is 6.52. The molecule has 1 aromatic rings. The third-order valence-electron chi connectivity index (χ3n) is 2.67. The number of amides is 1. The van der Waals surface area contributed by atoms with Gasteiger partial charge in [0.15, 0.2) is 0 Å². The molecule has 0 aliphatic rings. The molecule has 1 atom stereocenters. The van der Waals surface area contributed by atoms with Crippen LogP contribution in [0.25, 0.3) is 6.08 Å². The van der Waals surface area contributed by atoms with E-state index in [0.29, 0.717) is 0 Å². The summed E-state index contributed by atoms with van der Waals surface area (Å²) in [6, 6.07) is 3.45. The molecule has 20 heavy (non-hydrogen) atoms. The Kier molecular flexibility index (Phi) is 6.38. The lowest BCUT2D eigenvalue weighted by molar-refractivity contribution is -0.114. The molecule has 1 aromatic heterocycles. The zero-order valence-corrected chi connectivity index (χ0v) is 12.6. The van der Waals surface area contributed by atoms with Gasteiger partial charge >= 0.3 is 0 Å². The molecule has 1 heterocycles. The fraction of sp³-hybridized carbons (Fsp3) is 0.429. The Balaban J connectivity index is 2.55. The first-order valence-corrected chi connectivity index (χ1v) is 8.20. The van der Waals surface area contributed by atoms with E-state index in [-0.39, 0.29) is 11.7 Å². The number of nitrogens with zero attached hydrogens (tertiary/aromatic N) is 1. The summed E-state index contributed by atoms with van der Waals surface area (Å²) in [6.07, 6.45) is 7.69. The lowest BCUT2D eigenvalue weighted by Crippen LogP contribution is -2.33. The molecule has 0 fully saturated rings. The van der Waals surface area contributed by atoms with Crippen molar-refractivity contribution in [3.63, 3.8) is 0 Å². The summed E-state index contributed by atoms with van der Waals surface area (Å²) >= 11 is 0. The summed E-state index contributed by atoms with van der Waals surface area (Å²) in [5, 5.41) is 0. The first-order valence-electron chi connectivity index (χ1n) is 6.55. The molecule has 1 unspecified atom stereocenters. The van der Waals surface area contributed by atoms with E-state index >= 15 is 0 Å². The SMILES string of the molecule is CCCC(C)CS(=O)(=O)NC(=O)/C=C/c1ccncc1. The van der Waals surface area contributed by atoms with Gasteiger partial charge in [-0.05, 0) is 36.1 Å². The molecule has 0 radical (unpaired) electrons. The van der Waals surface area contributed by atoms with Crippen LogP contribution in [0.3, 0.4) is 0 Å². The Labute approximate surface area is 120 Å². The van der Waals surface area contributed by atoms with Crippen LogP contribution < -0.4 is 4.72 Å². The highest BCUT2D eigenvalue weighted by atomic mass is 32.2. The molecule has 0 saturated carbocycles. The number of carbonyl (C=O) groups is 1. The van der Waals surface area contributed by atoms with Crippen molar-refractivity contribution in [3.05, 3.63) is 36.2 Å². The smallest absolute Gasteiger partial charge is 0.257 e. The molecule has 0 spiro atoms. The van der Waals surface area contributed by atoms with Gasteiger partial charge in [0.25, 0.3) is 5.91 Å². The molecule has 6 heteroatoms. The van der Waals surface area contributed by atoms with Gasteiger partial charge in [-0.15, -0.1) is 0 Å². The van der Waals surface area contributed by atoms with E-state index in [1.54, 1.807) is 30.6 Å². The Morgan fingerprint density at radius 1 is 1.40 bits per heavy atom. The largest absolute Gasteiger partial charge is 0.269 e. The quantitative estimate of drug-likeness (QED) is 0.781. The molecule has 0 aromatic carbocycles. The molecule has 1 amide bonds. The van der Waals surface area contributed by atoms with Crippen LogP contribution in [-0.2, 0) is 14.8 Å². The fourth-order valence-corrected chi connectivity index (χ4v) is 3.20. The van der Waals surface area contributed by atoms with Gasteiger partial charge < -0.3 is 0 Å². The first-order chi connectivity index (χ1) is 9.43. The highest BCUT2D eigenvalue weighted by Gasteiger charge is 2.16. The minimum absolute atomic E-state index is 0.0321. The van der Waals surface area contributed by atoms with Gasteiger partial charge in [0.1, 0.15) is 0 Å². The molecular weight excluding hydrogens is 276 g/mol. The molecule has 1 rings (SSSR count). The summed E-state index contributed by atoms with van der Waals surface area (Å²) in [5.74, 6) is -0.629. The standard InChI is InChI=1S/C14H20N2O3S/c1-3-4-12(2)11-20(18,19)16-14(17)6-5-13-7-9-15-10-8-13/h5-10,12H,3-4,11H2,1-2H3,(H,16,17)/b6-5+. The maximum absolute atomic E-state index is 11.8. The Morgan fingerprint density at radius 2 is 2.05 bits per heavy atom. The van der Waals surface area contributed by atoms with Crippen molar-refractivity contribution >= 4 is 22.0 Å². The number of carbonyl (C=O) groups excluding carboxylic acids is 1. The maximum Gasteiger partial charge on any atom is 0.257 e. The van der Waals surface area contributed by atoms with Gasteiger partial charge in [-0.25, -0.2) is 13.1 Å². The predicted molar refractivity (Wildman–Crippen MR) is 79.3 cm³/mol. The van der Waals surface area contributed by atoms with E-state index in [9.17, 15) is 13.2 Å². The van der Waals surface area contributed by atoms with Crippen molar-refractivity contribution < 1.29 is 13.2 Å². The molecule has 1 N–H and O–H groups in total. The first kappa shape index (κ1) is 16.4. The molecule has 0 aliphatic heterocycles. The third-order valence-corrected chi connectivity index (χ3v) is 4.19. The number of rotatable bonds is 7. The summed E-state index contributed by atoms with van der Waals surface area (Å²) in [5.41, 5.74) is 0.784. The lowest BCUT2D eigenvalue weighted by Gasteiger charge is -2.10. The Morgan fingerprint density at radius 3 is 2.65 bits per heavy atom. The average Bonchev–Trinajstić information content (AvgIpc) is 2.36. The highest BCUT2D eigenvalue weighted by Crippen LogP contribution is 2.07. The van der Waals surface area contributed by atoms with Crippen LogP contribution in [-0.4, -0.2) is 25.1 Å². The lowest BCUT2D eigenvalue weighted by atomic mass is 10.1. The molecule has 0 bridgehead atoms. The van der Waals surface area contributed by atoms with Gasteiger partial charge in [-0.1, -0.05) is 20.3 Å². The van der Waals surface area contributed by atoms with Gasteiger partial charge in [-0.3, -0.25) is 9.78 Å². The zero-order valence-electron chi connectivity index (χ0n) is 11.7. The third kappa shape index (κ3) is 6.47. The van der Waals surface area contributed by atoms with Crippen molar-refractivity contribution in [2.75, 3.05) is 5.75 Å². The molecule has 0 saturated heterocycles. The van der Waals surface area contributed by atoms with Crippen LogP contribution in [0.4, 0.5) is 0 Å². The Hall–Kier alpha value is -1.69. The Bertz CT molecular complexity index is 553. The summed E-state index contributed by atoms with van der Waals surface area (Å²) in [7, 11) is -3.57. The number of sulfonamides is 1. The van der Waals surface area contributed by atoms with E-state index in [4.69, 9.17) is 0 Å². The van der Waals surface area contributed by atoms with Crippen molar-refractivity contribution in [2.45, 2.75) is 26.7 Å². The van der Waals surface area contributed by atoms with E-state index in [1.165, 1.54) is 6.08 Å². The molecular formula is C14H20N2O3S. The summed E-state index contributed by atoms with van der Waals surface area (Å²) < 4.78 is 25.6. The van der Waals surface area contributed by atoms with Crippen molar-refractivity contribution in [2.24, 2.45) is 5.92 Å². The minimum Gasteiger partial charge on any atom is -0.269 e. The topological polar surface area (TPSA) is 76.1 Å². The number of aromatic nitrogens is 1. The second kappa shape index (κ2) is 7.79. The van der Waals surface area contributed by atoms with Crippen LogP contribution in [0.2, 0.25) is 0 Å². The average molecular weight is 296 g/mol. The van der Waals surface area contributed by atoms with Crippen LogP contribution in [0.1, 0.15) is 32.3 Å². The molecule has 5 nitrogen and oxygen atoms in total. The van der Waals surface area contributed by atoms with Gasteiger partial charge in [-0.2, -0.15) is 0 Å². The number of nitrogens with one attached hydrogen (secondary N) is 1. The zero-order chi connectivity index (χ0) is 15.0. The normalized spacial score (nSPS) is 13.3. The van der Waals surface area contributed by atoms with Gasteiger partial charge in [0.05, 0.1) is 5.75 Å². The maximum atomic E-state index is 11.8. The van der Waals surface area contributed by atoms with Gasteiger partial charge in [0.2, 0.25) is 10.0 Å². The van der Waals surface area contributed by atoms with E-state index in [0.717, 1.165) is 18.4 Å². The number of hydrogen-bond donors (Lipinski definition) is 1. The van der Waals surface area contributed by atoms with Crippen LogP contribution in [0.5, 0.6) is 0 Å². The van der Waals surface area contributed by atoms with E-state index < -0.39 is 15.9 Å². The van der Waals surface area contributed by atoms with Crippen molar-refractivity contribution in [1.82, 2.24) is 9.71 Å². The van der Waals surface area contributed by atoms with E-state index in [1.807, 2.05) is 18.6 Å². The van der Waals surface area contributed by atoms with Crippen LogP contribution in [0, 0.1) is 5.92 Å². The number of pyridine rings is 1. The predicted octanol–water partition coefficient (Wildman–Crippen LogP) is 1.98. The molecule has 110 valence electrons. The second-order valence-electron chi connectivity index (χ2n) is 4.76. The van der Waals surface area contributed by atoms with Crippen molar-refractivity contribution in [1.29, 1.82) is 0 Å².